The predicted octanol–water partition coefficient (Wildman–Crippen LogP) is 3.22. The zero-order chi connectivity index (χ0) is 20.5. The van der Waals surface area contributed by atoms with Crippen molar-refractivity contribution in [2.24, 2.45) is 7.05 Å². The van der Waals surface area contributed by atoms with E-state index in [1.54, 1.807) is 28.2 Å². The Bertz CT molecular complexity index is 1220. The summed E-state index contributed by atoms with van der Waals surface area (Å²) in [5.74, 6) is 1.97. The third-order valence-corrected chi connectivity index (χ3v) is 5.08. The van der Waals surface area contributed by atoms with Crippen LogP contribution in [-0.4, -0.2) is 37.2 Å². The highest BCUT2D eigenvalue weighted by molar-refractivity contribution is 6.06. The number of aromatic nitrogens is 5. The number of amides is 1. The lowest BCUT2D eigenvalue weighted by molar-refractivity contribution is 0.0988. The summed E-state index contributed by atoms with van der Waals surface area (Å²) in [6.45, 7) is 0.622. The Balaban J connectivity index is 1.41. The first-order valence-corrected chi connectivity index (χ1v) is 9.63. The van der Waals surface area contributed by atoms with Crippen LogP contribution in [-0.2, 0) is 13.5 Å². The van der Waals surface area contributed by atoms with Gasteiger partial charge in [0.05, 0.1) is 11.9 Å². The first-order valence-electron chi connectivity index (χ1n) is 9.63. The second kappa shape index (κ2) is 7.40. The number of anilines is 3. The monoisotopic (exact) mass is 397 g/mol. The van der Waals surface area contributed by atoms with Gasteiger partial charge in [-0.15, -0.1) is 0 Å². The number of carbonyl (C=O) groups is 1. The molecular weight excluding hydrogens is 378 g/mol. The van der Waals surface area contributed by atoms with E-state index in [2.05, 4.69) is 31.4 Å². The standard InChI is InChI=1S/C22H19N7O/c1-28-19(8-11-25-28)27-22-23-10-7-18(26-22)17-13-16-9-12-29(20(16)24-14-17)21(30)15-5-3-2-4-6-15/h2-8,10-11,13-14H,9,12H2,1H3,(H,23,26,27). The van der Waals surface area contributed by atoms with E-state index >= 15 is 0 Å². The minimum Gasteiger partial charge on any atom is -0.309 e. The van der Waals surface area contributed by atoms with Crippen LogP contribution in [0.3, 0.4) is 0 Å². The molecule has 0 aliphatic carbocycles. The molecule has 5 rings (SSSR count). The van der Waals surface area contributed by atoms with Crippen molar-refractivity contribution in [2.45, 2.75) is 6.42 Å². The van der Waals surface area contributed by atoms with E-state index in [1.807, 2.05) is 49.5 Å². The van der Waals surface area contributed by atoms with Crippen molar-refractivity contribution < 1.29 is 4.79 Å². The molecule has 0 atom stereocenters. The molecule has 0 fully saturated rings. The largest absolute Gasteiger partial charge is 0.309 e. The molecule has 0 unspecified atom stereocenters. The van der Waals surface area contributed by atoms with Gasteiger partial charge in [-0.1, -0.05) is 18.2 Å². The van der Waals surface area contributed by atoms with Crippen molar-refractivity contribution in [3.63, 3.8) is 0 Å². The number of hydrogen-bond donors (Lipinski definition) is 1. The number of benzene rings is 1. The highest BCUT2D eigenvalue weighted by atomic mass is 16.2. The minimum absolute atomic E-state index is 0.0284. The molecule has 1 aliphatic heterocycles. The Morgan fingerprint density at radius 2 is 1.93 bits per heavy atom. The van der Waals surface area contributed by atoms with Gasteiger partial charge in [0.25, 0.3) is 5.91 Å². The van der Waals surface area contributed by atoms with Crippen molar-refractivity contribution in [3.8, 4) is 11.3 Å². The zero-order valence-corrected chi connectivity index (χ0v) is 16.4. The van der Waals surface area contributed by atoms with E-state index in [0.29, 0.717) is 18.1 Å². The molecule has 0 saturated carbocycles. The van der Waals surface area contributed by atoms with Gasteiger partial charge in [0.15, 0.2) is 0 Å². The van der Waals surface area contributed by atoms with E-state index in [0.717, 1.165) is 34.9 Å². The first kappa shape index (κ1) is 18.0. The summed E-state index contributed by atoms with van der Waals surface area (Å²) in [7, 11) is 1.85. The van der Waals surface area contributed by atoms with E-state index in [-0.39, 0.29) is 5.91 Å². The molecular formula is C22H19N7O. The summed E-state index contributed by atoms with van der Waals surface area (Å²) in [6.07, 6.45) is 5.93. The Labute approximate surface area is 173 Å². The summed E-state index contributed by atoms with van der Waals surface area (Å²) in [5, 5.41) is 7.29. The van der Waals surface area contributed by atoms with E-state index in [1.165, 1.54) is 0 Å². The van der Waals surface area contributed by atoms with Crippen molar-refractivity contribution in [2.75, 3.05) is 16.8 Å². The predicted molar refractivity (Wildman–Crippen MR) is 114 cm³/mol. The molecule has 3 aromatic heterocycles. The highest BCUT2D eigenvalue weighted by Gasteiger charge is 2.27. The summed E-state index contributed by atoms with van der Waals surface area (Å²) in [5.41, 5.74) is 3.35. The molecule has 1 aliphatic rings. The van der Waals surface area contributed by atoms with Crippen molar-refractivity contribution >= 4 is 23.5 Å². The highest BCUT2D eigenvalue weighted by Crippen LogP contribution is 2.30. The first-order chi connectivity index (χ1) is 14.7. The quantitative estimate of drug-likeness (QED) is 0.569. The summed E-state index contributed by atoms with van der Waals surface area (Å²) >= 11 is 0. The van der Waals surface area contributed by atoms with Crippen molar-refractivity contribution in [3.05, 3.63) is 78.2 Å². The van der Waals surface area contributed by atoms with Gasteiger partial charge < -0.3 is 5.32 Å². The van der Waals surface area contributed by atoms with Gasteiger partial charge in [-0.25, -0.2) is 15.0 Å². The van der Waals surface area contributed by atoms with E-state index in [4.69, 9.17) is 0 Å². The van der Waals surface area contributed by atoms with Gasteiger partial charge in [0.1, 0.15) is 11.6 Å². The topological polar surface area (TPSA) is 88.8 Å². The summed E-state index contributed by atoms with van der Waals surface area (Å²) in [6, 6.07) is 15.0. The maximum Gasteiger partial charge on any atom is 0.259 e. The Morgan fingerprint density at radius 3 is 2.73 bits per heavy atom. The Morgan fingerprint density at radius 1 is 1.07 bits per heavy atom. The lowest BCUT2D eigenvalue weighted by Crippen LogP contribution is -2.29. The third kappa shape index (κ3) is 3.28. The van der Waals surface area contributed by atoms with Gasteiger partial charge in [-0.3, -0.25) is 14.4 Å². The average molecular weight is 397 g/mol. The lowest BCUT2D eigenvalue weighted by atomic mass is 10.1. The maximum atomic E-state index is 12.8. The number of fused-ring (bicyclic) bond motifs is 1. The fourth-order valence-electron chi connectivity index (χ4n) is 3.53. The summed E-state index contributed by atoms with van der Waals surface area (Å²) < 4.78 is 1.71. The van der Waals surface area contributed by atoms with Gasteiger partial charge >= 0.3 is 0 Å². The molecule has 4 aromatic rings. The Hall–Kier alpha value is -4.07. The van der Waals surface area contributed by atoms with Crippen LogP contribution >= 0.6 is 0 Å². The number of rotatable bonds is 4. The molecule has 8 nitrogen and oxygen atoms in total. The molecule has 30 heavy (non-hydrogen) atoms. The van der Waals surface area contributed by atoms with Crippen molar-refractivity contribution in [1.82, 2.24) is 24.7 Å². The second-order valence-electron chi connectivity index (χ2n) is 7.01. The normalized spacial score (nSPS) is 12.6. The second-order valence-corrected chi connectivity index (χ2v) is 7.01. The van der Waals surface area contributed by atoms with Crippen LogP contribution < -0.4 is 10.2 Å². The van der Waals surface area contributed by atoms with Crippen LogP contribution in [0.4, 0.5) is 17.6 Å². The molecule has 0 bridgehead atoms. The third-order valence-electron chi connectivity index (χ3n) is 5.08. The fraction of sp³-hybridized carbons (Fsp3) is 0.136. The van der Waals surface area contributed by atoms with Crippen LogP contribution in [0.2, 0.25) is 0 Å². The van der Waals surface area contributed by atoms with Crippen molar-refractivity contribution in [1.29, 1.82) is 0 Å². The average Bonchev–Trinajstić information content (AvgIpc) is 3.39. The molecule has 0 radical (unpaired) electrons. The number of nitrogens with zero attached hydrogens (tertiary/aromatic N) is 6. The number of aryl methyl sites for hydroxylation is 1. The maximum absolute atomic E-state index is 12.8. The van der Waals surface area contributed by atoms with Gasteiger partial charge in [0, 0.05) is 43.2 Å². The molecule has 0 spiro atoms. The van der Waals surface area contributed by atoms with Gasteiger partial charge in [-0.2, -0.15) is 5.10 Å². The van der Waals surface area contributed by atoms with Crippen LogP contribution in [0.5, 0.6) is 0 Å². The fourth-order valence-corrected chi connectivity index (χ4v) is 3.53. The smallest absolute Gasteiger partial charge is 0.259 e. The van der Waals surface area contributed by atoms with E-state index in [9.17, 15) is 4.79 Å². The number of carbonyl (C=O) groups excluding carboxylic acids is 1. The SMILES string of the molecule is Cn1nccc1Nc1nccc(-c2cnc3c(c2)CCN3C(=O)c2ccccc2)n1. The molecule has 1 N–H and O–H groups in total. The number of hydrogen-bond acceptors (Lipinski definition) is 6. The van der Waals surface area contributed by atoms with Gasteiger partial charge in [-0.05, 0) is 36.2 Å². The molecule has 0 saturated heterocycles. The molecule has 1 aromatic carbocycles. The summed E-state index contributed by atoms with van der Waals surface area (Å²) in [4.78, 5) is 28.1. The van der Waals surface area contributed by atoms with Crippen LogP contribution in [0.25, 0.3) is 11.3 Å². The number of pyridine rings is 1. The Kier molecular flexibility index (Phi) is 4.44. The lowest BCUT2D eigenvalue weighted by Gasteiger charge is -2.16. The van der Waals surface area contributed by atoms with Crippen LogP contribution in [0.1, 0.15) is 15.9 Å². The molecule has 1 amide bonds. The van der Waals surface area contributed by atoms with E-state index < -0.39 is 0 Å². The molecule has 148 valence electrons. The van der Waals surface area contributed by atoms with Gasteiger partial charge in [0.2, 0.25) is 5.95 Å². The van der Waals surface area contributed by atoms with Crippen LogP contribution in [0, 0.1) is 0 Å². The molecule has 8 heteroatoms. The zero-order valence-electron chi connectivity index (χ0n) is 16.4. The molecule has 4 heterocycles. The number of nitrogens with one attached hydrogen (secondary N) is 1. The minimum atomic E-state index is -0.0284. The van der Waals surface area contributed by atoms with Crippen LogP contribution in [0.15, 0.2) is 67.1 Å².